The van der Waals surface area contributed by atoms with E-state index in [-0.39, 0.29) is 12.1 Å². The maximum Gasteiger partial charge on any atom is 0.186 e. The summed E-state index contributed by atoms with van der Waals surface area (Å²) in [4.78, 5) is 0. The van der Waals surface area contributed by atoms with Crippen LogP contribution in [0.5, 0.6) is 0 Å². The lowest BCUT2D eigenvalue weighted by molar-refractivity contribution is -0.329. The second-order valence-electron chi connectivity index (χ2n) is 10.2. The van der Waals surface area contributed by atoms with Crippen molar-refractivity contribution >= 4 is 0 Å². The molecule has 0 aromatic carbocycles. The van der Waals surface area contributed by atoms with Crippen LogP contribution >= 0.6 is 0 Å². The van der Waals surface area contributed by atoms with Gasteiger partial charge in [0, 0.05) is 24.5 Å². The Morgan fingerprint density at radius 3 is 1.73 bits per heavy atom. The standard InChI is InChI=1S/C23H46N4O10/c1-9-15(29)12(7-24-2)34-22(16(9)30)36-20-10(25-3)6-11(26-4)21(19(20)33)37-23-18(32)14(27-5)17(31)13(8-28)35-23/h9-33H,6-8H2,1-5H3. The quantitative estimate of drug-likeness (QED) is 0.126. The number of nitrogens with one attached hydrogen (secondary N) is 4. The first-order valence-corrected chi connectivity index (χ1v) is 12.9. The van der Waals surface area contributed by atoms with Gasteiger partial charge in [0.1, 0.15) is 42.7 Å². The van der Waals surface area contributed by atoms with Crippen LogP contribution < -0.4 is 21.3 Å². The van der Waals surface area contributed by atoms with Crippen LogP contribution in [0.1, 0.15) is 13.3 Å². The van der Waals surface area contributed by atoms with Crippen molar-refractivity contribution in [2.45, 2.75) is 99.0 Å². The van der Waals surface area contributed by atoms with Gasteiger partial charge in [-0.25, -0.2) is 0 Å². The number of aliphatic hydroxyl groups is 6. The molecule has 0 spiro atoms. The van der Waals surface area contributed by atoms with E-state index in [2.05, 4.69) is 21.3 Å². The Bertz CT molecular complexity index is 698. The summed E-state index contributed by atoms with van der Waals surface area (Å²) in [5, 5.41) is 75.6. The van der Waals surface area contributed by atoms with Crippen molar-refractivity contribution in [3.63, 3.8) is 0 Å². The molecule has 1 aliphatic carbocycles. The van der Waals surface area contributed by atoms with E-state index in [1.807, 2.05) is 0 Å². The fourth-order valence-corrected chi connectivity index (χ4v) is 5.57. The topological polar surface area (TPSA) is 206 Å². The Morgan fingerprint density at radius 1 is 0.703 bits per heavy atom. The second kappa shape index (κ2) is 13.7. The molecule has 3 rings (SSSR count). The molecule has 14 nitrogen and oxygen atoms in total. The van der Waals surface area contributed by atoms with Crippen LogP contribution in [0, 0.1) is 5.92 Å². The monoisotopic (exact) mass is 538 g/mol. The average Bonchev–Trinajstić information content (AvgIpc) is 2.89. The summed E-state index contributed by atoms with van der Waals surface area (Å²) in [7, 11) is 6.74. The molecule has 1 saturated carbocycles. The highest BCUT2D eigenvalue weighted by molar-refractivity contribution is 5.02. The molecule has 0 amide bonds. The molecule has 15 unspecified atom stereocenters. The predicted molar refractivity (Wildman–Crippen MR) is 130 cm³/mol. The van der Waals surface area contributed by atoms with E-state index in [1.54, 1.807) is 35.1 Å². The van der Waals surface area contributed by atoms with Gasteiger partial charge in [-0.2, -0.15) is 0 Å². The van der Waals surface area contributed by atoms with Gasteiger partial charge < -0.3 is 70.9 Å². The number of rotatable bonds is 10. The molecule has 15 atom stereocenters. The number of hydrogen-bond donors (Lipinski definition) is 10. The Morgan fingerprint density at radius 2 is 1.24 bits per heavy atom. The fourth-order valence-electron chi connectivity index (χ4n) is 5.57. The number of likely N-dealkylation sites (N-methyl/N-ethyl adjacent to an activating group) is 4. The minimum Gasteiger partial charge on any atom is -0.394 e. The largest absolute Gasteiger partial charge is 0.394 e. The van der Waals surface area contributed by atoms with Crippen LogP contribution in [0.15, 0.2) is 0 Å². The van der Waals surface area contributed by atoms with Crippen LogP contribution in [0.25, 0.3) is 0 Å². The van der Waals surface area contributed by atoms with Crippen LogP contribution in [-0.2, 0) is 18.9 Å². The van der Waals surface area contributed by atoms with Crippen LogP contribution in [0.3, 0.4) is 0 Å². The average molecular weight is 539 g/mol. The third-order valence-electron chi connectivity index (χ3n) is 7.97. The molecular formula is C23H46N4O10. The molecular weight excluding hydrogens is 492 g/mol. The van der Waals surface area contributed by atoms with Crippen LogP contribution in [-0.4, -0.2) is 158 Å². The summed E-state index contributed by atoms with van der Waals surface area (Å²) in [6.45, 7) is 1.56. The first-order valence-electron chi connectivity index (χ1n) is 12.9. The van der Waals surface area contributed by atoms with Crippen molar-refractivity contribution in [3.8, 4) is 0 Å². The zero-order valence-electron chi connectivity index (χ0n) is 22.1. The van der Waals surface area contributed by atoms with E-state index in [9.17, 15) is 30.6 Å². The molecule has 2 saturated heterocycles. The summed E-state index contributed by atoms with van der Waals surface area (Å²) >= 11 is 0. The number of ether oxygens (including phenoxy) is 4. The Kier molecular flexibility index (Phi) is 11.4. The smallest absolute Gasteiger partial charge is 0.186 e. The van der Waals surface area contributed by atoms with E-state index in [4.69, 9.17) is 18.9 Å². The predicted octanol–water partition coefficient (Wildman–Crippen LogP) is -4.97. The Balaban J connectivity index is 1.80. The van der Waals surface area contributed by atoms with E-state index in [0.29, 0.717) is 13.0 Å². The van der Waals surface area contributed by atoms with Crippen LogP contribution in [0.4, 0.5) is 0 Å². The van der Waals surface area contributed by atoms with E-state index >= 15 is 0 Å². The van der Waals surface area contributed by atoms with Gasteiger partial charge in [0.2, 0.25) is 0 Å². The van der Waals surface area contributed by atoms with Crippen LogP contribution in [0.2, 0.25) is 0 Å². The Hall–Kier alpha value is -0.560. The summed E-state index contributed by atoms with van der Waals surface area (Å²) in [6.07, 6.45) is -11.1. The lowest BCUT2D eigenvalue weighted by Gasteiger charge is -2.49. The third-order valence-corrected chi connectivity index (χ3v) is 7.97. The molecule has 2 heterocycles. The first-order chi connectivity index (χ1) is 17.6. The maximum atomic E-state index is 11.5. The van der Waals surface area contributed by atoms with Crippen molar-refractivity contribution in [2.24, 2.45) is 5.92 Å². The summed E-state index contributed by atoms with van der Waals surface area (Å²) < 4.78 is 23.8. The molecule has 3 aliphatic rings. The molecule has 0 radical (unpaired) electrons. The molecule has 2 aliphatic heterocycles. The van der Waals surface area contributed by atoms with Gasteiger partial charge in [0.25, 0.3) is 0 Å². The normalized spacial score (nSPS) is 49.2. The van der Waals surface area contributed by atoms with Gasteiger partial charge in [0.15, 0.2) is 12.6 Å². The molecule has 0 aromatic rings. The van der Waals surface area contributed by atoms with Gasteiger partial charge in [-0.1, -0.05) is 6.92 Å². The lowest BCUT2D eigenvalue weighted by Crippen LogP contribution is -2.69. The van der Waals surface area contributed by atoms with E-state index in [0.717, 1.165) is 0 Å². The summed E-state index contributed by atoms with van der Waals surface area (Å²) in [5.41, 5.74) is 0. The van der Waals surface area contributed by atoms with Gasteiger partial charge in [-0.15, -0.1) is 0 Å². The lowest BCUT2D eigenvalue weighted by atomic mass is 9.83. The molecule has 10 N–H and O–H groups in total. The number of aliphatic hydroxyl groups excluding tert-OH is 6. The maximum absolute atomic E-state index is 11.5. The molecule has 37 heavy (non-hydrogen) atoms. The summed E-state index contributed by atoms with van der Waals surface area (Å²) in [5.74, 6) is -0.533. The first kappa shape index (κ1) is 31.0. The molecule has 14 heteroatoms. The van der Waals surface area contributed by atoms with Gasteiger partial charge in [-0.3, -0.25) is 0 Å². The minimum atomic E-state index is -1.29. The zero-order chi connectivity index (χ0) is 27.4. The molecule has 3 fully saturated rings. The van der Waals surface area contributed by atoms with E-state index in [1.165, 1.54) is 0 Å². The minimum absolute atomic E-state index is 0.343. The third kappa shape index (κ3) is 6.44. The highest BCUT2D eigenvalue weighted by Gasteiger charge is 2.52. The second-order valence-corrected chi connectivity index (χ2v) is 10.2. The van der Waals surface area contributed by atoms with E-state index < -0.39 is 86.1 Å². The van der Waals surface area contributed by atoms with Gasteiger partial charge in [0.05, 0.1) is 24.9 Å². The zero-order valence-corrected chi connectivity index (χ0v) is 22.1. The van der Waals surface area contributed by atoms with Crippen molar-refractivity contribution < 1.29 is 49.6 Å². The molecule has 0 bridgehead atoms. The summed E-state index contributed by atoms with van der Waals surface area (Å²) in [6, 6.07) is -1.57. The van der Waals surface area contributed by atoms with Gasteiger partial charge >= 0.3 is 0 Å². The van der Waals surface area contributed by atoms with Crippen molar-refractivity contribution in [3.05, 3.63) is 0 Å². The molecule has 0 aromatic heterocycles. The molecule has 218 valence electrons. The fraction of sp³-hybridized carbons (Fsp3) is 1.00. The highest BCUT2D eigenvalue weighted by atomic mass is 16.7. The van der Waals surface area contributed by atoms with Crippen molar-refractivity contribution in [1.29, 1.82) is 0 Å². The van der Waals surface area contributed by atoms with Gasteiger partial charge in [-0.05, 0) is 34.6 Å². The van der Waals surface area contributed by atoms with Crippen molar-refractivity contribution in [1.82, 2.24) is 21.3 Å². The Labute approximate surface area is 217 Å². The SMILES string of the molecule is CNCC1OC(OC2C(NC)CC(NC)C(OC3OC(CO)C(O)C(NC)C3O)C2O)C(O)C(C)C1O. The number of hydrogen-bond acceptors (Lipinski definition) is 14. The van der Waals surface area contributed by atoms with Crippen molar-refractivity contribution in [2.75, 3.05) is 41.3 Å². The highest BCUT2D eigenvalue weighted by Crippen LogP contribution is 2.33.